The maximum Gasteiger partial charge on any atom is 0.294 e. The minimum absolute atomic E-state index is 0.0666. The van der Waals surface area contributed by atoms with Crippen LogP contribution in [0.1, 0.15) is 33.9 Å². The second-order valence-electron chi connectivity index (χ2n) is 10.3. The Labute approximate surface area is 243 Å². The molecule has 0 fully saturated rings. The van der Waals surface area contributed by atoms with Crippen LogP contribution in [-0.2, 0) is 10.1 Å². The average Bonchev–Trinajstić information content (AvgIpc) is 3.75. The Hall–Kier alpha value is -4.99. The summed E-state index contributed by atoms with van der Waals surface area (Å²) < 4.78 is 29.6. The molecule has 8 bridgehead atoms. The number of aromatic nitrogens is 4. The van der Waals surface area contributed by atoms with Gasteiger partial charge in [0.25, 0.3) is 10.1 Å². The first-order chi connectivity index (χ1) is 20.2. The van der Waals surface area contributed by atoms with E-state index < -0.39 is 10.1 Å². The summed E-state index contributed by atoms with van der Waals surface area (Å²) in [6, 6.07) is 20.7. The number of nitrogens with zero attached hydrogens (tertiary/aromatic N) is 3. The number of aromatic amines is 2. The third kappa shape index (κ3) is 6.33. The lowest BCUT2D eigenvalue weighted by molar-refractivity contribution is 0.483. The van der Waals surface area contributed by atoms with Crippen molar-refractivity contribution in [2.24, 2.45) is 0 Å². The van der Waals surface area contributed by atoms with Crippen molar-refractivity contribution in [1.29, 1.82) is 0 Å². The molecule has 3 aromatic heterocycles. The molecule has 0 saturated carbocycles. The van der Waals surface area contributed by atoms with Crippen LogP contribution in [0.15, 0.2) is 90.0 Å². The molecular formula is C33H29N5O3S. The van der Waals surface area contributed by atoms with Crippen LogP contribution in [0.25, 0.3) is 51.9 Å². The molecule has 3 aliphatic rings. The zero-order valence-electron chi connectivity index (χ0n) is 23.1. The van der Waals surface area contributed by atoms with Gasteiger partial charge in [0.15, 0.2) is 0 Å². The molecule has 0 amide bonds. The number of allylic oxidation sites excluding steroid dienone is 2. The van der Waals surface area contributed by atoms with E-state index in [0.29, 0.717) is 0 Å². The summed E-state index contributed by atoms with van der Waals surface area (Å²) in [5.41, 5.74) is 11.2. The van der Waals surface area contributed by atoms with E-state index in [9.17, 15) is 8.42 Å². The number of likely N-dealkylation sites (N-methyl/N-ethyl adjacent to an activating group) is 1. The molecule has 0 atom stereocenters. The summed E-state index contributed by atoms with van der Waals surface area (Å²) in [4.78, 5) is 18.6. The standard InChI is InChI=1S/C26H21N5.C7H8O3S/c1-31-10-8-17(9-11-31)25-15-24-14-22-5-4-20(28-22)12-18-2-3-19(27-18)13-21-6-7-23(29-21)16-26(25)30-24;1-6-2-4-7(5-3-6)11(8,9)10/h2-10,12-16,28,30H,11H2,1H3;2-5H,1H3,(H,8,9,10). The van der Waals surface area contributed by atoms with Crippen LogP contribution in [0.5, 0.6) is 0 Å². The van der Waals surface area contributed by atoms with Crippen LogP contribution in [0.2, 0.25) is 0 Å². The van der Waals surface area contributed by atoms with Gasteiger partial charge in [0.1, 0.15) is 0 Å². The van der Waals surface area contributed by atoms with Crippen molar-refractivity contribution in [2.45, 2.75) is 11.8 Å². The van der Waals surface area contributed by atoms with Crippen molar-refractivity contribution >= 4 is 62.1 Å². The first-order valence-corrected chi connectivity index (χ1v) is 14.8. The molecular weight excluding hydrogens is 546 g/mol. The predicted octanol–water partition coefficient (Wildman–Crippen LogP) is 6.74. The molecule has 0 unspecified atom stereocenters. The molecule has 3 aliphatic heterocycles. The lowest BCUT2D eigenvalue weighted by Gasteiger charge is -2.16. The summed E-state index contributed by atoms with van der Waals surface area (Å²) in [6.45, 7) is 2.74. The van der Waals surface area contributed by atoms with Gasteiger partial charge in [-0.25, -0.2) is 9.97 Å². The SMILES string of the molecule is CN1C=CC(c2cc3cc4ccc(cc5nc(cc6nc(cc2[nH]3)C=C6)C=C5)[nH]4)=CC1.Cc1ccc(S(=O)(=O)O)cc1. The molecule has 42 heavy (non-hydrogen) atoms. The normalized spacial score (nSPS) is 14.0. The number of H-pyrrole nitrogens is 2. The highest BCUT2D eigenvalue weighted by atomic mass is 32.2. The second-order valence-corrected chi connectivity index (χ2v) is 11.7. The molecule has 3 N–H and O–H groups in total. The molecule has 0 radical (unpaired) electrons. The van der Waals surface area contributed by atoms with Gasteiger partial charge in [0.05, 0.1) is 27.7 Å². The zero-order chi connectivity index (χ0) is 29.3. The highest BCUT2D eigenvalue weighted by molar-refractivity contribution is 7.85. The zero-order valence-corrected chi connectivity index (χ0v) is 23.9. The second kappa shape index (κ2) is 11.1. The fraction of sp³-hybridized carbons (Fsp3) is 0.0909. The number of benzene rings is 1. The van der Waals surface area contributed by atoms with Gasteiger partial charge in [0, 0.05) is 41.2 Å². The predicted molar refractivity (Wildman–Crippen MR) is 170 cm³/mol. The molecule has 210 valence electrons. The smallest absolute Gasteiger partial charge is 0.294 e. The molecule has 9 heteroatoms. The molecule has 1 aromatic carbocycles. The van der Waals surface area contributed by atoms with Crippen molar-refractivity contribution in [1.82, 2.24) is 24.8 Å². The summed E-state index contributed by atoms with van der Waals surface area (Å²) in [6.07, 6.45) is 14.7. The van der Waals surface area contributed by atoms with Crippen LogP contribution in [-0.4, -0.2) is 51.4 Å². The third-order valence-corrected chi connectivity index (χ3v) is 7.77. The van der Waals surface area contributed by atoms with E-state index in [2.05, 4.69) is 81.6 Å². The minimum atomic E-state index is -4.02. The Bertz CT molecular complexity index is 2060. The Morgan fingerprint density at radius 2 is 1.36 bits per heavy atom. The highest BCUT2D eigenvalue weighted by Crippen LogP contribution is 2.27. The van der Waals surface area contributed by atoms with Gasteiger partial charge in [-0.2, -0.15) is 8.42 Å². The van der Waals surface area contributed by atoms with Crippen LogP contribution in [0.3, 0.4) is 0 Å². The number of fused-ring (bicyclic) bond motifs is 8. The van der Waals surface area contributed by atoms with Gasteiger partial charge < -0.3 is 14.9 Å². The fourth-order valence-corrected chi connectivity index (χ4v) is 5.23. The van der Waals surface area contributed by atoms with E-state index >= 15 is 0 Å². The van der Waals surface area contributed by atoms with Crippen LogP contribution in [0, 0.1) is 6.92 Å². The summed E-state index contributed by atoms with van der Waals surface area (Å²) in [7, 11) is -1.94. The monoisotopic (exact) mass is 575 g/mol. The van der Waals surface area contributed by atoms with Crippen LogP contribution in [0.4, 0.5) is 0 Å². The van der Waals surface area contributed by atoms with Crippen LogP contribution < -0.4 is 0 Å². The third-order valence-electron chi connectivity index (χ3n) is 6.91. The minimum Gasteiger partial charge on any atom is -0.377 e. The number of aryl methyl sites for hydroxylation is 1. The van der Waals surface area contributed by atoms with E-state index in [1.54, 1.807) is 12.1 Å². The van der Waals surface area contributed by atoms with E-state index in [1.165, 1.54) is 23.3 Å². The molecule has 0 spiro atoms. The molecule has 6 heterocycles. The van der Waals surface area contributed by atoms with Crippen molar-refractivity contribution in [3.05, 3.63) is 119 Å². The number of rotatable bonds is 2. The first kappa shape index (κ1) is 27.2. The van der Waals surface area contributed by atoms with Gasteiger partial charge in [-0.05, 0) is 104 Å². The lowest BCUT2D eigenvalue weighted by atomic mass is 10.0. The summed E-state index contributed by atoms with van der Waals surface area (Å²) in [5, 5.41) is 0. The Kier molecular flexibility index (Phi) is 7.20. The van der Waals surface area contributed by atoms with Crippen molar-refractivity contribution in [3.63, 3.8) is 0 Å². The summed E-state index contributed by atoms with van der Waals surface area (Å²) >= 11 is 0. The fourth-order valence-electron chi connectivity index (χ4n) is 4.75. The maximum atomic E-state index is 10.5. The number of hydrogen-bond donors (Lipinski definition) is 3. The Morgan fingerprint density at radius 1 is 0.738 bits per heavy atom. The van der Waals surface area contributed by atoms with E-state index in [-0.39, 0.29) is 4.90 Å². The number of hydrogen-bond acceptors (Lipinski definition) is 5. The molecule has 8 nitrogen and oxygen atoms in total. The highest BCUT2D eigenvalue weighted by Gasteiger charge is 2.10. The van der Waals surface area contributed by atoms with Gasteiger partial charge in [-0.15, -0.1) is 0 Å². The van der Waals surface area contributed by atoms with Gasteiger partial charge in [-0.1, -0.05) is 23.8 Å². The van der Waals surface area contributed by atoms with Crippen molar-refractivity contribution < 1.29 is 13.0 Å². The van der Waals surface area contributed by atoms with Gasteiger partial charge >= 0.3 is 0 Å². The molecule has 4 aromatic rings. The lowest BCUT2D eigenvalue weighted by Crippen LogP contribution is -2.13. The quantitative estimate of drug-likeness (QED) is 0.197. The van der Waals surface area contributed by atoms with Crippen molar-refractivity contribution in [3.8, 4) is 0 Å². The molecule has 7 rings (SSSR count). The number of nitrogens with one attached hydrogen (secondary N) is 2. The van der Waals surface area contributed by atoms with Gasteiger partial charge in [-0.3, -0.25) is 4.55 Å². The average molecular weight is 576 g/mol. The van der Waals surface area contributed by atoms with Gasteiger partial charge in [0.2, 0.25) is 0 Å². The van der Waals surface area contributed by atoms with E-state index in [1.807, 2.05) is 37.3 Å². The molecule has 0 aliphatic carbocycles. The topological polar surface area (TPSA) is 115 Å². The maximum absolute atomic E-state index is 10.5. The summed E-state index contributed by atoms with van der Waals surface area (Å²) in [5.74, 6) is 0. The Morgan fingerprint density at radius 3 is 1.98 bits per heavy atom. The van der Waals surface area contributed by atoms with E-state index in [4.69, 9.17) is 9.54 Å². The Balaban J connectivity index is 0.000000244. The first-order valence-electron chi connectivity index (χ1n) is 13.4. The van der Waals surface area contributed by atoms with Crippen LogP contribution >= 0.6 is 0 Å². The van der Waals surface area contributed by atoms with E-state index in [0.717, 1.165) is 57.0 Å². The molecule has 0 saturated heterocycles. The largest absolute Gasteiger partial charge is 0.377 e. The van der Waals surface area contributed by atoms with Crippen molar-refractivity contribution in [2.75, 3.05) is 13.6 Å².